The Morgan fingerprint density at radius 2 is 2.21 bits per heavy atom. The number of carboxylic acid groups (broad SMARTS) is 1. The van der Waals surface area contributed by atoms with Crippen molar-refractivity contribution in [3.05, 3.63) is 29.6 Å². The topological polar surface area (TPSA) is 96.4 Å². The fourth-order valence-electron chi connectivity index (χ4n) is 0.973. The molecular formula is C9H12N2O3. The van der Waals surface area contributed by atoms with Gasteiger partial charge in [0.25, 0.3) is 0 Å². The zero-order valence-corrected chi connectivity index (χ0v) is 7.71. The van der Waals surface area contributed by atoms with Crippen molar-refractivity contribution < 1.29 is 15.0 Å². The van der Waals surface area contributed by atoms with Crippen LogP contribution in [-0.2, 0) is 4.79 Å². The zero-order valence-electron chi connectivity index (χ0n) is 7.71. The summed E-state index contributed by atoms with van der Waals surface area (Å²) >= 11 is 0. The van der Waals surface area contributed by atoms with E-state index in [4.69, 9.17) is 10.8 Å². The molecule has 0 spiro atoms. The third-order valence-corrected chi connectivity index (χ3v) is 1.86. The monoisotopic (exact) mass is 196 g/mol. The molecule has 1 aromatic heterocycles. The van der Waals surface area contributed by atoms with Gasteiger partial charge in [-0.25, -0.2) is 0 Å². The van der Waals surface area contributed by atoms with Gasteiger partial charge in [0.1, 0.15) is 12.1 Å². The largest absolute Gasteiger partial charge is 0.480 e. The molecule has 5 nitrogen and oxygen atoms in total. The minimum atomic E-state index is -1.34. The number of hydrogen-bond donors (Lipinski definition) is 3. The highest BCUT2D eigenvalue weighted by atomic mass is 16.4. The standard InChI is InChI=1S/C9H12N2O3/c1-5-2-3-6(11-4-5)8(12)7(10)9(13)14/h2-4,7-8,12H,10H2,1H3,(H,13,14). The van der Waals surface area contributed by atoms with E-state index in [1.165, 1.54) is 0 Å². The number of carboxylic acids is 1. The molecule has 1 heterocycles. The van der Waals surface area contributed by atoms with Crippen molar-refractivity contribution in [3.63, 3.8) is 0 Å². The number of aromatic nitrogens is 1. The van der Waals surface area contributed by atoms with Crippen LogP contribution in [0.2, 0.25) is 0 Å². The number of aliphatic hydroxyl groups excluding tert-OH is 1. The summed E-state index contributed by atoms with van der Waals surface area (Å²) in [5.74, 6) is -1.25. The molecule has 0 aliphatic rings. The van der Waals surface area contributed by atoms with E-state index in [1.807, 2.05) is 6.92 Å². The van der Waals surface area contributed by atoms with Crippen molar-refractivity contribution in [1.82, 2.24) is 4.98 Å². The maximum atomic E-state index is 10.5. The van der Waals surface area contributed by atoms with Gasteiger partial charge < -0.3 is 15.9 Å². The number of aliphatic carboxylic acids is 1. The van der Waals surface area contributed by atoms with Crippen LogP contribution in [0.25, 0.3) is 0 Å². The summed E-state index contributed by atoms with van der Waals surface area (Å²) in [6.45, 7) is 1.85. The Morgan fingerprint density at radius 1 is 1.57 bits per heavy atom. The van der Waals surface area contributed by atoms with E-state index in [2.05, 4.69) is 4.98 Å². The molecule has 0 bridgehead atoms. The first-order valence-corrected chi connectivity index (χ1v) is 4.11. The normalized spacial score (nSPS) is 14.8. The molecule has 4 N–H and O–H groups in total. The Kier molecular flexibility index (Phi) is 3.16. The summed E-state index contributed by atoms with van der Waals surface area (Å²) in [5.41, 5.74) is 6.44. The minimum absolute atomic E-state index is 0.269. The van der Waals surface area contributed by atoms with Gasteiger partial charge in [-0.15, -0.1) is 0 Å². The first-order chi connectivity index (χ1) is 6.52. The fourth-order valence-corrected chi connectivity index (χ4v) is 0.973. The van der Waals surface area contributed by atoms with Crippen LogP contribution in [0.5, 0.6) is 0 Å². The van der Waals surface area contributed by atoms with Gasteiger partial charge >= 0.3 is 5.97 Å². The highest BCUT2D eigenvalue weighted by molar-refractivity contribution is 5.74. The van der Waals surface area contributed by atoms with Gasteiger partial charge in [-0.2, -0.15) is 0 Å². The van der Waals surface area contributed by atoms with Gasteiger partial charge in [0, 0.05) is 6.20 Å². The molecule has 0 saturated heterocycles. The van der Waals surface area contributed by atoms with Gasteiger partial charge in [0.2, 0.25) is 0 Å². The molecule has 0 radical (unpaired) electrons. The first kappa shape index (κ1) is 10.6. The molecule has 0 fully saturated rings. The molecule has 76 valence electrons. The van der Waals surface area contributed by atoms with Crippen LogP contribution >= 0.6 is 0 Å². The minimum Gasteiger partial charge on any atom is -0.480 e. The number of nitrogens with two attached hydrogens (primary N) is 1. The zero-order chi connectivity index (χ0) is 10.7. The van der Waals surface area contributed by atoms with E-state index < -0.39 is 18.1 Å². The van der Waals surface area contributed by atoms with Crippen LogP contribution in [0.1, 0.15) is 17.4 Å². The average Bonchev–Trinajstić information content (AvgIpc) is 2.16. The lowest BCUT2D eigenvalue weighted by atomic mass is 10.1. The molecule has 2 atom stereocenters. The molecule has 0 aliphatic carbocycles. The maximum absolute atomic E-state index is 10.5. The Bertz CT molecular complexity index is 323. The predicted octanol–water partition coefficient (Wildman–Crippen LogP) is -0.165. The van der Waals surface area contributed by atoms with Gasteiger partial charge in [0.05, 0.1) is 5.69 Å². The van der Waals surface area contributed by atoms with Crippen LogP contribution < -0.4 is 5.73 Å². The van der Waals surface area contributed by atoms with Gasteiger partial charge in [-0.3, -0.25) is 9.78 Å². The van der Waals surface area contributed by atoms with E-state index in [0.29, 0.717) is 0 Å². The van der Waals surface area contributed by atoms with E-state index in [0.717, 1.165) is 5.56 Å². The number of aliphatic hydroxyl groups is 1. The Hall–Kier alpha value is -1.46. The van der Waals surface area contributed by atoms with Crippen molar-refractivity contribution in [2.45, 2.75) is 19.1 Å². The SMILES string of the molecule is Cc1ccc(C(O)C(N)C(=O)O)nc1. The van der Waals surface area contributed by atoms with Gasteiger partial charge in [-0.1, -0.05) is 6.07 Å². The van der Waals surface area contributed by atoms with E-state index >= 15 is 0 Å². The Labute approximate surface area is 81.2 Å². The summed E-state index contributed by atoms with van der Waals surface area (Å²) in [4.78, 5) is 14.4. The number of carbonyl (C=O) groups is 1. The lowest BCUT2D eigenvalue weighted by Crippen LogP contribution is -2.36. The van der Waals surface area contributed by atoms with E-state index in [-0.39, 0.29) is 5.69 Å². The lowest BCUT2D eigenvalue weighted by Gasteiger charge is -2.13. The third-order valence-electron chi connectivity index (χ3n) is 1.86. The predicted molar refractivity (Wildman–Crippen MR) is 49.5 cm³/mol. The molecule has 1 rings (SSSR count). The molecule has 0 aliphatic heterocycles. The molecule has 14 heavy (non-hydrogen) atoms. The number of nitrogens with zero attached hydrogens (tertiary/aromatic N) is 1. The quantitative estimate of drug-likeness (QED) is 0.624. The number of pyridine rings is 1. The number of rotatable bonds is 3. The van der Waals surface area contributed by atoms with Gasteiger partial charge in [-0.05, 0) is 18.6 Å². The van der Waals surface area contributed by atoms with Crippen LogP contribution in [0, 0.1) is 6.92 Å². The van der Waals surface area contributed by atoms with Crippen LogP contribution in [0.15, 0.2) is 18.3 Å². The van der Waals surface area contributed by atoms with Gasteiger partial charge in [0.15, 0.2) is 0 Å². The lowest BCUT2D eigenvalue weighted by molar-refractivity contribution is -0.141. The molecule has 0 amide bonds. The second-order valence-electron chi connectivity index (χ2n) is 3.07. The smallest absolute Gasteiger partial charge is 0.323 e. The average molecular weight is 196 g/mol. The highest BCUT2D eigenvalue weighted by Crippen LogP contribution is 2.13. The summed E-state index contributed by atoms with van der Waals surface area (Å²) in [7, 11) is 0. The highest BCUT2D eigenvalue weighted by Gasteiger charge is 2.24. The summed E-state index contributed by atoms with van der Waals surface area (Å²) in [6, 6.07) is 1.95. The fraction of sp³-hybridized carbons (Fsp3) is 0.333. The number of hydrogen-bond acceptors (Lipinski definition) is 4. The van der Waals surface area contributed by atoms with E-state index in [9.17, 15) is 9.90 Å². The Morgan fingerprint density at radius 3 is 2.64 bits per heavy atom. The van der Waals surface area contributed by atoms with Crippen molar-refractivity contribution >= 4 is 5.97 Å². The second-order valence-corrected chi connectivity index (χ2v) is 3.07. The summed E-state index contributed by atoms with van der Waals surface area (Å²) in [5, 5.41) is 18.0. The van der Waals surface area contributed by atoms with Crippen LogP contribution in [0.4, 0.5) is 0 Å². The van der Waals surface area contributed by atoms with Crippen molar-refractivity contribution in [2.24, 2.45) is 5.73 Å². The number of aryl methyl sites for hydroxylation is 1. The van der Waals surface area contributed by atoms with Crippen molar-refractivity contribution in [2.75, 3.05) is 0 Å². The maximum Gasteiger partial charge on any atom is 0.323 e. The van der Waals surface area contributed by atoms with Crippen molar-refractivity contribution in [3.8, 4) is 0 Å². The molecule has 0 aromatic carbocycles. The summed E-state index contributed by atoms with van der Waals surface area (Å²) < 4.78 is 0. The molecular weight excluding hydrogens is 184 g/mol. The second kappa shape index (κ2) is 4.17. The molecule has 2 unspecified atom stereocenters. The first-order valence-electron chi connectivity index (χ1n) is 4.11. The van der Waals surface area contributed by atoms with Crippen molar-refractivity contribution in [1.29, 1.82) is 0 Å². The molecule has 1 aromatic rings. The Balaban J connectivity index is 2.84. The molecule has 0 saturated carbocycles. The summed E-state index contributed by atoms with van der Waals surface area (Å²) in [6.07, 6.45) is 0.278. The van der Waals surface area contributed by atoms with Crippen LogP contribution in [0.3, 0.4) is 0 Å². The van der Waals surface area contributed by atoms with E-state index in [1.54, 1.807) is 18.3 Å². The molecule has 5 heteroatoms. The third kappa shape index (κ3) is 2.27. The van der Waals surface area contributed by atoms with Crippen LogP contribution in [-0.4, -0.2) is 27.2 Å².